The van der Waals surface area contributed by atoms with Crippen molar-refractivity contribution < 1.29 is 8.78 Å². The summed E-state index contributed by atoms with van der Waals surface area (Å²) in [7, 11) is 0. The summed E-state index contributed by atoms with van der Waals surface area (Å²) in [5.41, 5.74) is 8.78. The maximum absolute atomic E-state index is 13.2. The van der Waals surface area contributed by atoms with Gasteiger partial charge in [0.25, 0.3) is 0 Å². The molecular weight excluding hydrogens is 240 g/mol. The van der Waals surface area contributed by atoms with Gasteiger partial charge in [0, 0.05) is 10.4 Å². The minimum Gasteiger partial charge on any atom is -0.390 e. The zero-order chi connectivity index (χ0) is 12.0. The quantitative estimate of drug-likeness (QED) is 0.820. The maximum Gasteiger partial charge on any atom is 0.159 e. The summed E-state index contributed by atoms with van der Waals surface area (Å²) in [5.74, 6) is -1.64. The molecule has 2 N–H and O–H groups in total. The molecular formula is C13H11F2NS. The van der Waals surface area contributed by atoms with E-state index in [0.717, 1.165) is 30.9 Å². The van der Waals surface area contributed by atoms with Crippen LogP contribution < -0.4 is 5.73 Å². The predicted octanol–water partition coefficient (Wildman–Crippen LogP) is 3.76. The fourth-order valence-electron chi connectivity index (χ4n) is 2.39. The van der Waals surface area contributed by atoms with Crippen molar-refractivity contribution in [1.29, 1.82) is 0 Å². The van der Waals surface area contributed by atoms with Crippen LogP contribution in [0.4, 0.5) is 13.8 Å². The Morgan fingerprint density at radius 3 is 2.71 bits per heavy atom. The molecule has 1 aromatic carbocycles. The van der Waals surface area contributed by atoms with Crippen LogP contribution in [-0.4, -0.2) is 0 Å². The molecule has 0 saturated heterocycles. The highest BCUT2D eigenvalue weighted by molar-refractivity contribution is 7.16. The normalized spacial score (nSPS) is 14.0. The Hall–Kier alpha value is -1.42. The van der Waals surface area contributed by atoms with E-state index >= 15 is 0 Å². The molecule has 0 amide bonds. The molecule has 0 radical (unpaired) electrons. The number of hydrogen-bond acceptors (Lipinski definition) is 2. The Balaban J connectivity index is 2.18. The summed E-state index contributed by atoms with van der Waals surface area (Å²) in [6.07, 6.45) is 3.16. The predicted molar refractivity (Wildman–Crippen MR) is 66.1 cm³/mol. The van der Waals surface area contributed by atoms with Gasteiger partial charge in [0.05, 0.1) is 5.00 Å². The van der Waals surface area contributed by atoms with Gasteiger partial charge in [-0.15, -0.1) is 11.3 Å². The Bertz CT molecular complexity index is 589. The van der Waals surface area contributed by atoms with Crippen LogP contribution in [0.1, 0.15) is 16.9 Å². The fourth-order valence-corrected chi connectivity index (χ4v) is 3.58. The second-order valence-electron chi connectivity index (χ2n) is 4.23. The highest BCUT2D eigenvalue weighted by Gasteiger charge is 2.22. The molecule has 0 saturated carbocycles. The van der Waals surface area contributed by atoms with Gasteiger partial charge in [-0.05, 0) is 42.5 Å². The molecule has 0 fully saturated rings. The summed E-state index contributed by atoms with van der Waals surface area (Å²) in [6, 6.07) is 3.98. The van der Waals surface area contributed by atoms with Crippen LogP contribution in [0, 0.1) is 11.6 Å². The fraction of sp³-hybridized carbons (Fsp3) is 0.231. The van der Waals surface area contributed by atoms with Crippen molar-refractivity contribution in [3.05, 3.63) is 40.3 Å². The third-order valence-corrected chi connectivity index (χ3v) is 4.28. The number of benzene rings is 1. The van der Waals surface area contributed by atoms with Crippen molar-refractivity contribution >= 4 is 16.3 Å². The molecule has 0 unspecified atom stereocenters. The second-order valence-corrected chi connectivity index (χ2v) is 5.36. The zero-order valence-electron chi connectivity index (χ0n) is 9.09. The molecule has 1 nitrogen and oxygen atoms in total. The molecule has 4 heteroatoms. The Morgan fingerprint density at radius 1 is 1.12 bits per heavy atom. The van der Waals surface area contributed by atoms with Gasteiger partial charge in [-0.2, -0.15) is 0 Å². The molecule has 0 aliphatic heterocycles. The Labute approximate surface area is 102 Å². The summed E-state index contributed by atoms with van der Waals surface area (Å²) < 4.78 is 26.2. The largest absolute Gasteiger partial charge is 0.390 e. The number of nitrogens with two attached hydrogens (primary N) is 1. The van der Waals surface area contributed by atoms with E-state index in [1.54, 1.807) is 17.4 Å². The van der Waals surface area contributed by atoms with Crippen LogP contribution in [0.25, 0.3) is 11.1 Å². The third kappa shape index (κ3) is 1.63. The standard InChI is InChI=1S/C13H11F2NS/c14-9-5-4-7(6-10(9)15)12-8-2-1-3-11(8)17-13(12)16/h4-6H,1-3,16H2. The number of hydrogen-bond donors (Lipinski definition) is 1. The van der Waals surface area contributed by atoms with Gasteiger partial charge in [0.1, 0.15) is 0 Å². The minimum atomic E-state index is -0.820. The average molecular weight is 251 g/mol. The lowest BCUT2D eigenvalue weighted by Gasteiger charge is -2.04. The molecule has 0 atom stereocenters. The molecule has 17 heavy (non-hydrogen) atoms. The van der Waals surface area contributed by atoms with Crippen molar-refractivity contribution in [3.8, 4) is 11.1 Å². The molecule has 2 aromatic rings. The number of fused-ring (bicyclic) bond motifs is 1. The first kappa shape index (κ1) is 10.7. The number of rotatable bonds is 1. The Kier molecular flexibility index (Phi) is 2.40. The lowest BCUT2D eigenvalue weighted by molar-refractivity contribution is 0.509. The van der Waals surface area contributed by atoms with Gasteiger partial charge >= 0.3 is 0 Å². The molecule has 1 aromatic heterocycles. The maximum atomic E-state index is 13.2. The monoisotopic (exact) mass is 251 g/mol. The SMILES string of the molecule is Nc1sc2c(c1-c1ccc(F)c(F)c1)CCC2. The van der Waals surface area contributed by atoms with Crippen molar-refractivity contribution in [3.63, 3.8) is 0 Å². The van der Waals surface area contributed by atoms with Gasteiger partial charge in [-0.1, -0.05) is 6.07 Å². The highest BCUT2D eigenvalue weighted by atomic mass is 32.1. The van der Waals surface area contributed by atoms with Crippen LogP contribution in [0.2, 0.25) is 0 Å². The van der Waals surface area contributed by atoms with Crippen LogP contribution in [-0.2, 0) is 12.8 Å². The molecule has 0 spiro atoms. The molecule has 1 aliphatic rings. The number of nitrogen functional groups attached to an aromatic ring is 1. The summed E-state index contributed by atoms with van der Waals surface area (Å²) in [5, 5.41) is 0.709. The second kappa shape index (κ2) is 3.81. The summed E-state index contributed by atoms with van der Waals surface area (Å²) in [6.45, 7) is 0. The number of anilines is 1. The molecule has 88 valence electrons. The lowest BCUT2D eigenvalue weighted by atomic mass is 10.0. The van der Waals surface area contributed by atoms with E-state index in [9.17, 15) is 8.78 Å². The number of halogens is 2. The first-order valence-electron chi connectivity index (χ1n) is 5.52. The molecule has 3 rings (SSSR count). The van der Waals surface area contributed by atoms with Gasteiger partial charge < -0.3 is 5.73 Å². The van der Waals surface area contributed by atoms with Crippen LogP contribution in [0.3, 0.4) is 0 Å². The van der Waals surface area contributed by atoms with Gasteiger partial charge in [0.15, 0.2) is 11.6 Å². The van der Waals surface area contributed by atoms with Gasteiger partial charge in [-0.3, -0.25) is 0 Å². The van der Waals surface area contributed by atoms with Crippen molar-refractivity contribution in [2.75, 3.05) is 5.73 Å². The number of thiophene rings is 1. The van der Waals surface area contributed by atoms with Crippen LogP contribution >= 0.6 is 11.3 Å². The Morgan fingerprint density at radius 2 is 1.94 bits per heavy atom. The van der Waals surface area contributed by atoms with E-state index in [2.05, 4.69) is 0 Å². The summed E-state index contributed by atoms with van der Waals surface area (Å²) in [4.78, 5) is 1.29. The smallest absolute Gasteiger partial charge is 0.159 e. The molecule has 1 aliphatic carbocycles. The van der Waals surface area contributed by atoms with Gasteiger partial charge in [-0.25, -0.2) is 8.78 Å². The van der Waals surface area contributed by atoms with E-state index in [0.29, 0.717) is 10.6 Å². The van der Waals surface area contributed by atoms with Crippen molar-refractivity contribution in [1.82, 2.24) is 0 Å². The topological polar surface area (TPSA) is 26.0 Å². The number of aryl methyl sites for hydroxylation is 1. The van der Waals surface area contributed by atoms with E-state index in [1.807, 2.05) is 0 Å². The molecule has 0 bridgehead atoms. The highest BCUT2D eigenvalue weighted by Crippen LogP contribution is 2.43. The van der Waals surface area contributed by atoms with E-state index in [1.165, 1.54) is 16.5 Å². The van der Waals surface area contributed by atoms with Gasteiger partial charge in [0.2, 0.25) is 0 Å². The minimum absolute atomic E-state index is 0.681. The molecule has 1 heterocycles. The first-order chi connectivity index (χ1) is 8.16. The first-order valence-corrected chi connectivity index (χ1v) is 6.34. The van der Waals surface area contributed by atoms with E-state index in [4.69, 9.17) is 5.73 Å². The average Bonchev–Trinajstić information content (AvgIpc) is 2.82. The van der Waals surface area contributed by atoms with Crippen molar-refractivity contribution in [2.45, 2.75) is 19.3 Å². The lowest BCUT2D eigenvalue weighted by Crippen LogP contribution is -1.90. The van der Waals surface area contributed by atoms with Crippen molar-refractivity contribution in [2.24, 2.45) is 0 Å². The summed E-state index contributed by atoms with van der Waals surface area (Å²) >= 11 is 1.57. The van der Waals surface area contributed by atoms with E-state index in [-0.39, 0.29) is 0 Å². The zero-order valence-corrected chi connectivity index (χ0v) is 9.91. The van der Waals surface area contributed by atoms with Crippen LogP contribution in [0.5, 0.6) is 0 Å². The third-order valence-electron chi connectivity index (χ3n) is 3.16. The van der Waals surface area contributed by atoms with E-state index < -0.39 is 11.6 Å². The van der Waals surface area contributed by atoms with Crippen LogP contribution in [0.15, 0.2) is 18.2 Å².